The monoisotopic (exact) mass is 587 g/mol. The van der Waals surface area contributed by atoms with Gasteiger partial charge in [-0.1, -0.05) is 0 Å². The van der Waals surface area contributed by atoms with Crippen molar-refractivity contribution in [3.63, 3.8) is 0 Å². The van der Waals surface area contributed by atoms with Gasteiger partial charge >= 0.3 is 5.97 Å². The summed E-state index contributed by atoms with van der Waals surface area (Å²) >= 11 is 0. The number of nitriles is 1. The topological polar surface area (TPSA) is 99.2 Å². The summed E-state index contributed by atoms with van der Waals surface area (Å²) in [6, 6.07) is 8.79. The molecule has 5 heterocycles. The fourth-order valence-electron chi connectivity index (χ4n) is 6.40. The molecule has 0 amide bonds. The number of piperazine rings is 1. The third-order valence-electron chi connectivity index (χ3n) is 8.77. The highest BCUT2D eigenvalue weighted by Crippen LogP contribution is 2.39. The number of hydrogen-bond donors (Lipinski definition) is 0. The number of hydrogen-bond acceptors (Lipinski definition) is 9. The second-order valence-corrected chi connectivity index (χ2v) is 13.2. The van der Waals surface area contributed by atoms with Crippen LogP contribution in [-0.2, 0) is 9.53 Å². The second kappa shape index (κ2) is 12.5. The van der Waals surface area contributed by atoms with Gasteiger partial charge in [-0.25, -0.2) is 9.50 Å². The molecule has 0 unspecified atom stereocenters. The smallest absolute Gasteiger partial charge is 0.306 e. The Morgan fingerprint density at radius 2 is 1.93 bits per heavy atom. The number of rotatable bonds is 8. The van der Waals surface area contributed by atoms with Crippen LogP contribution in [0.5, 0.6) is 5.75 Å². The van der Waals surface area contributed by atoms with Crippen molar-refractivity contribution in [3.05, 3.63) is 42.4 Å². The van der Waals surface area contributed by atoms with Gasteiger partial charge in [0, 0.05) is 62.6 Å². The molecule has 0 saturated carbocycles. The molecule has 0 aliphatic carbocycles. The summed E-state index contributed by atoms with van der Waals surface area (Å²) in [7, 11) is 2.19. The van der Waals surface area contributed by atoms with Crippen LogP contribution in [0.25, 0.3) is 16.6 Å². The van der Waals surface area contributed by atoms with Gasteiger partial charge in [0.1, 0.15) is 23.2 Å². The number of pyridine rings is 2. The Bertz CT molecular complexity index is 1460. The highest BCUT2D eigenvalue weighted by Gasteiger charge is 2.40. The molecule has 0 spiro atoms. The van der Waals surface area contributed by atoms with Gasteiger partial charge in [-0.05, 0) is 78.1 Å². The fraction of sp³-hybridized carbons (Fsp3) is 0.576. The summed E-state index contributed by atoms with van der Waals surface area (Å²) in [5.74, 6) is 1.49. The summed E-state index contributed by atoms with van der Waals surface area (Å²) in [5.41, 5.74) is 2.38. The molecule has 2 aliphatic rings. The zero-order valence-corrected chi connectivity index (χ0v) is 26.5. The predicted octanol–water partition coefficient (Wildman–Crippen LogP) is 4.62. The summed E-state index contributed by atoms with van der Waals surface area (Å²) in [4.78, 5) is 25.2. The number of carbonyl (C=O) groups is 1. The molecule has 5 rings (SSSR count). The van der Waals surface area contributed by atoms with Crippen molar-refractivity contribution >= 4 is 17.3 Å². The number of fused-ring (bicyclic) bond motifs is 1. The van der Waals surface area contributed by atoms with Crippen molar-refractivity contribution < 1.29 is 14.3 Å². The SMILES string of the molecule is CCOc1cc(-c2ccc(N3CCC(CC(=O)OC(C)(C)C)(CN4CCN(C)[C@@H](C)C4)CC3)nc2)c2c(C#N)cnn2c1. The minimum absolute atomic E-state index is 0.109. The molecule has 10 heteroatoms. The average Bonchev–Trinajstić information content (AvgIpc) is 3.37. The van der Waals surface area contributed by atoms with Crippen molar-refractivity contribution in [2.75, 3.05) is 57.8 Å². The Labute approximate surface area is 255 Å². The Hall–Kier alpha value is -3.68. The van der Waals surface area contributed by atoms with Gasteiger partial charge in [0.25, 0.3) is 0 Å². The van der Waals surface area contributed by atoms with E-state index in [1.165, 1.54) is 0 Å². The quantitative estimate of drug-likeness (QED) is 0.350. The largest absolute Gasteiger partial charge is 0.492 e. The Morgan fingerprint density at radius 1 is 1.16 bits per heavy atom. The Balaban J connectivity index is 1.33. The van der Waals surface area contributed by atoms with E-state index in [2.05, 4.69) is 45.9 Å². The fourth-order valence-corrected chi connectivity index (χ4v) is 6.40. The summed E-state index contributed by atoms with van der Waals surface area (Å²) in [6.07, 6.45) is 7.47. The zero-order chi connectivity index (χ0) is 30.8. The summed E-state index contributed by atoms with van der Waals surface area (Å²) in [6.45, 7) is 16.2. The highest BCUT2D eigenvalue weighted by atomic mass is 16.6. The van der Waals surface area contributed by atoms with Gasteiger partial charge < -0.3 is 19.3 Å². The molecule has 10 nitrogen and oxygen atoms in total. The van der Waals surface area contributed by atoms with E-state index in [1.54, 1.807) is 16.9 Å². The standard InChI is InChI=1S/C33H45N7O3/c1-7-42-27-16-28(31-26(18-34)20-36-40(31)22-27)25-8-9-29(35-19-25)39-12-10-33(11-13-39,17-30(41)43-32(3,4)5)23-38-15-14-37(6)24(2)21-38/h8-9,16,19-20,22,24H,7,10-15,17,21,23H2,1-6H3/t24-/m0/s1. The number of esters is 1. The molecule has 0 radical (unpaired) electrons. The van der Waals surface area contributed by atoms with E-state index < -0.39 is 5.60 Å². The van der Waals surface area contributed by atoms with Gasteiger partial charge in [-0.2, -0.15) is 10.4 Å². The van der Waals surface area contributed by atoms with Crippen molar-refractivity contribution in [2.45, 2.75) is 65.5 Å². The van der Waals surface area contributed by atoms with E-state index in [-0.39, 0.29) is 11.4 Å². The summed E-state index contributed by atoms with van der Waals surface area (Å²) in [5, 5.41) is 14.0. The van der Waals surface area contributed by atoms with E-state index in [0.29, 0.717) is 30.4 Å². The molecule has 0 aromatic carbocycles. The molecule has 2 fully saturated rings. The van der Waals surface area contributed by atoms with Gasteiger partial charge in [0.2, 0.25) is 0 Å². The molecule has 3 aromatic heterocycles. The maximum Gasteiger partial charge on any atom is 0.306 e. The molecule has 2 aliphatic heterocycles. The van der Waals surface area contributed by atoms with Crippen LogP contribution < -0.4 is 9.64 Å². The molecule has 3 aromatic rings. The van der Waals surface area contributed by atoms with Crippen LogP contribution in [-0.4, -0.2) is 94.9 Å². The van der Waals surface area contributed by atoms with Crippen LogP contribution >= 0.6 is 0 Å². The van der Waals surface area contributed by atoms with E-state index >= 15 is 0 Å². The zero-order valence-electron chi connectivity index (χ0n) is 26.5. The lowest BCUT2D eigenvalue weighted by molar-refractivity contribution is -0.158. The minimum Gasteiger partial charge on any atom is -0.492 e. The number of carbonyl (C=O) groups excluding carboxylic acids is 1. The molecule has 0 bridgehead atoms. The van der Waals surface area contributed by atoms with Crippen molar-refractivity contribution in [3.8, 4) is 22.9 Å². The lowest BCUT2D eigenvalue weighted by atomic mass is 9.74. The highest BCUT2D eigenvalue weighted by molar-refractivity contribution is 5.85. The van der Waals surface area contributed by atoms with Crippen molar-refractivity contribution in [1.82, 2.24) is 24.4 Å². The first-order valence-corrected chi connectivity index (χ1v) is 15.4. The van der Waals surface area contributed by atoms with Crippen LogP contribution in [0.3, 0.4) is 0 Å². The number of aromatic nitrogens is 3. The number of ether oxygens (including phenoxy) is 2. The van der Waals surface area contributed by atoms with Crippen LogP contribution in [0.4, 0.5) is 5.82 Å². The second-order valence-electron chi connectivity index (χ2n) is 13.2. The first-order chi connectivity index (χ1) is 20.5. The normalized spacial score (nSPS) is 19.7. The molecule has 1 atom stereocenters. The molecular formula is C33H45N7O3. The van der Waals surface area contributed by atoms with Crippen molar-refractivity contribution in [1.29, 1.82) is 5.26 Å². The first-order valence-electron chi connectivity index (χ1n) is 15.4. The molecule has 43 heavy (non-hydrogen) atoms. The van der Waals surface area contributed by atoms with Crippen LogP contribution in [0.2, 0.25) is 0 Å². The Morgan fingerprint density at radius 3 is 2.56 bits per heavy atom. The maximum absolute atomic E-state index is 13.1. The number of nitrogens with zero attached hydrogens (tertiary/aromatic N) is 7. The van der Waals surface area contributed by atoms with Crippen molar-refractivity contribution in [2.24, 2.45) is 5.41 Å². The lowest BCUT2D eigenvalue weighted by Gasteiger charge is -2.47. The van der Waals surface area contributed by atoms with E-state index in [4.69, 9.17) is 14.5 Å². The molecule has 2 saturated heterocycles. The predicted molar refractivity (Wildman–Crippen MR) is 167 cm³/mol. The maximum atomic E-state index is 13.1. The minimum atomic E-state index is -0.494. The first kappa shape index (κ1) is 30.8. The molecule has 230 valence electrons. The van der Waals surface area contributed by atoms with Gasteiger partial charge in [0.15, 0.2) is 0 Å². The third-order valence-corrected chi connectivity index (χ3v) is 8.77. The van der Waals surface area contributed by atoms with Crippen LogP contribution in [0.1, 0.15) is 59.4 Å². The van der Waals surface area contributed by atoms with Gasteiger partial charge in [0.05, 0.1) is 36.5 Å². The van der Waals surface area contributed by atoms with E-state index in [0.717, 1.165) is 74.6 Å². The van der Waals surface area contributed by atoms with E-state index in [9.17, 15) is 10.1 Å². The number of anilines is 1. The lowest BCUT2D eigenvalue weighted by Crippen LogP contribution is -2.55. The van der Waals surface area contributed by atoms with Crippen LogP contribution in [0.15, 0.2) is 36.8 Å². The van der Waals surface area contributed by atoms with Crippen LogP contribution in [0, 0.1) is 16.7 Å². The average molecular weight is 588 g/mol. The molecular weight excluding hydrogens is 542 g/mol. The number of likely N-dealkylation sites (N-methyl/N-ethyl adjacent to an activating group) is 1. The summed E-state index contributed by atoms with van der Waals surface area (Å²) < 4.78 is 13.3. The third kappa shape index (κ3) is 7.11. The Kier molecular flexibility index (Phi) is 8.95. The number of piperidine rings is 1. The van der Waals surface area contributed by atoms with Gasteiger partial charge in [-0.3, -0.25) is 9.69 Å². The van der Waals surface area contributed by atoms with E-state index in [1.807, 2.05) is 46.0 Å². The molecule has 0 N–H and O–H groups in total. The van der Waals surface area contributed by atoms with Gasteiger partial charge in [-0.15, -0.1) is 0 Å².